The van der Waals surface area contributed by atoms with Crippen LogP contribution in [-0.4, -0.2) is 16.9 Å². The normalized spacial score (nSPS) is 10.5. The Labute approximate surface area is 131 Å². The second-order valence-corrected chi connectivity index (χ2v) is 5.34. The second-order valence-electron chi connectivity index (χ2n) is 4.05. The number of benzene rings is 2. The van der Waals surface area contributed by atoms with Gasteiger partial charge in [0.15, 0.2) is 17.4 Å². The van der Waals surface area contributed by atoms with Crippen LogP contribution in [0.5, 0.6) is 0 Å². The minimum atomic E-state index is -1.54. The first-order valence-electron chi connectivity index (χ1n) is 5.54. The maximum atomic E-state index is 14.0. The Morgan fingerprint density at radius 3 is 2.19 bits per heavy atom. The van der Waals surface area contributed by atoms with Crippen molar-refractivity contribution in [2.75, 3.05) is 0 Å². The number of halogens is 4. The van der Waals surface area contributed by atoms with Gasteiger partial charge in [0, 0.05) is 10.6 Å². The van der Waals surface area contributed by atoms with Crippen molar-refractivity contribution in [3.05, 3.63) is 68.2 Å². The van der Waals surface area contributed by atoms with Crippen molar-refractivity contribution >= 4 is 39.3 Å². The van der Waals surface area contributed by atoms with E-state index in [0.717, 1.165) is 6.07 Å². The molecule has 3 nitrogen and oxygen atoms in total. The standard InChI is InChI=1S/C14H6BrClF2O3/c15-9-5-8(14(20)21)10(12(18)11(9)17)13(19)6-1-3-7(16)4-2-6/h1-5H,(H,20,21). The highest BCUT2D eigenvalue weighted by atomic mass is 79.9. The molecular formula is C14H6BrClF2O3. The van der Waals surface area contributed by atoms with E-state index in [-0.39, 0.29) is 10.0 Å². The van der Waals surface area contributed by atoms with Crippen molar-refractivity contribution in [1.29, 1.82) is 0 Å². The Bertz CT molecular complexity index is 745. The van der Waals surface area contributed by atoms with Crippen LogP contribution in [0.15, 0.2) is 34.8 Å². The van der Waals surface area contributed by atoms with Gasteiger partial charge in [0.05, 0.1) is 15.6 Å². The lowest BCUT2D eigenvalue weighted by molar-refractivity contribution is 0.0691. The van der Waals surface area contributed by atoms with E-state index < -0.39 is 34.5 Å². The molecule has 0 saturated heterocycles. The summed E-state index contributed by atoms with van der Waals surface area (Å²) in [6, 6.07) is 6.24. The van der Waals surface area contributed by atoms with Crippen molar-refractivity contribution < 1.29 is 23.5 Å². The lowest BCUT2D eigenvalue weighted by Gasteiger charge is -2.09. The zero-order valence-electron chi connectivity index (χ0n) is 10.2. The molecule has 0 unspecified atom stereocenters. The Balaban J connectivity index is 2.67. The topological polar surface area (TPSA) is 54.4 Å². The number of hydrogen-bond donors (Lipinski definition) is 1. The summed E-state index contributed by atoms with van der Waals surface area (Å²) < 4.78 is 27.2. The summed E-state index contributed by atoms with van der Waals surface area (Å²) in [5, 5.41) is 9.42. The lowest BCUT2D eigenvalue weighted by atomic mass is 9.97. The van der Waals surface area contributed by atoms with Gasteiger partial charge in [0.1, 0.15) is 0 Å². The average Bonchev–Trinajstić information content (AvgIpc) is 2.44. The number of carbonyl (C=O) groups excluding carboxylic acids is 1. The van der Waals surface area contributed by atoms with Gasteiger partial charge in [0.25, 0.3) is 0 Å². The molecule has 7 heteroatoms. The molecule has 1 N–H and O–H groups in total. The first-order valence-corrected chi connectivity index (χ1v) is 6.71. The van der Waals surface area contributed by atoms with E-state index in [1.54, 1.807) is 0 Å². The molecule has 0 spiro atoms. The third kappa shape index (κ3) is 2.96. The van der Waals surface area contributed by atoms with Crippen molar-refractivity contribution in [3.8, 4) is 0 Å². The minimum absolute atomic E-state index is 0.00234. The van der Waals surface area contributed by atoms with Gasteiger partial charge in [-0.05, 0) is 46.3 Å². The molecule has 21 heavy (non-hydrogen) atoms. The molecule has 0 fully saturated rings. The Hall–Kier alpha value is -1.79. The highest BCUT2D eigenvalue weighted by Crippen LogP contribution is 2.27. The maximum absolute atomic E-state index is 14.0. The molecule has 2 aromatic rings. The number of carbonyl (C=O) groups is 2. The molecule has 108 valence electrons. The fourth-order valence-corrected chi connectivity index (χ4v) is 2.26. The summed E-state index contributed by atoms with van der Waals surface area (Å²) in [5.74, 6) is -5.31. The largest absolute Gasteiger partial charge is 0.478 e. The molecular weight excluding hydrogens is 370 g/mol. The highest BCUT2D eigenvalue weighted by molar-refractivity contribution is 9.10. The van der Waals surface area contributed by atoms with E-state index in [9.17, 15) is 18.4 Å². The number of rotatable bonds is 3. The van der Waals surface area contributed by atoms with Gasteiger partial charge in [-0.1, -0.05) is 11.6 Å². The molecule has 0 atom stereocenters. The molecule has 0 saturated carbocycles. The van der Waals surface area contributed by atoms with Crippen LogP contribution in [0.3, 0.4) is 0 Å². The summed E-state index contributed by atoms with van der Waals surface area (Å²) in [4.78, 5) is 23.4. The van der Waals surface area contributed by atoms with Gasteiger partial charge >= 0.3 is 5.97 Å². The summed E-state index contributed by atoms with van der Waals surface area (Å²) in [6.07, 6.45) is 0. The quantitative estimate of drug-likeness (QED) is 0.642. The van der Waals surface area contributed by atoms with Gasteiger partial charge < -0.3 is 5.11 Å². The molecule has 2 aromatic carbocycles. The van der Waals surface area contributed by atoms with Gasteiger partial charge in [-0.3, -0.25) is 4.79 Å². The predicted octanol–water partition coefficient (Wildman–Crippen LogP) is 4.31. The van der Waals surface area contributed by atoms with E-state index in [1.165, 1.54) is 24.3 Å². The number of carboxylic acids is 1. The smallest absolute Gasteiger partial charge is 0.336 e. The van der Waals surface area contributed by atoms with Crippen LogP contribution >= 0.6 is 27.5 Å². The summed E-state index contributed by atoms with van der Waals surface area (Å²) in [5.41, 5.74) is -1.45. The molecule has 0 aliphatic rings. The molecule has 0 bridgehead atoms. The van der Waals surface area contributed by atoms with Crippen LogP contribution in [0.2, 0.25) is 5.02 Å². The maximum Gasteiger partial charge on any atom is 0.336 e. The first kappa shape index (κ1) is 15.6. The summed E-state index contributed by atoms with van der Waals surface area (Å²) in [6.45, 7) is 0. The van der Waals surface area contributed by atoms with Crippen molar-refractivity contribution in [2.24, 2.45) is 0 Å². The third-order valence-electron chi connectivity index (χ3n) is 2.73. The van der Waals surface area contributed by atoms with Gasteiger partial charge in [-0.15, -0.1) is 0 Å². The monoisotopic (exact) mass is 374 g/mol. The fraction of sp³-hybridized carbons (Fsp3) is 0. The van der Waals surface area contributed by atoms with E-state index in [2.05, 4.69) is 15.9 Å². The van der Waals surface area contributed by atoms with Crippen molar-refractivity contribution in [2.45, 2.75) is 0 Å². The van der Waals surface area contributed by atoms with Crippen molar-refractivity contribution in [3.63, 3.8) is 0 Å². The third-order valence-corrected chi connectivity index (χ3v) is 3.56. The Kier molecular flexibility index (Phi) is 4.39. The van der Waals surface area contributed by atoms with Gasteiger partial charge in [-0.25, -0.2) is 13.6 Å². The highest BCUT2D eigenvalue weighted by Gasteiger charge is 2.27. The molecule has 0 aliphatic heterocycles. The fourth-order valence-electron chi connectivity index (χ4n) is 1.73. The van der Waals surface area contributed by atoms with E-state index in [0.29, 0.717) is 5.02 Å². The molecule has 0 amide bonds. The Morgan fingerprint density at radius 1 is 1.10 bits per heavy atom. The van der Waals surface area contributed by atoms with Crippen LogP contribution in [0.25, 0.3) is 0 Å². The van der Waals surface area contributed by atoms with Crippen LogP contribution < -0.4 is 0 Å². The van der Waals surface area contributed by atoms with E-state index in [1.807, 2.05) is 0 Å². The molecule has 0 aliphatic carbocycles. The van der Waals surface area contributed by atoms with E-state index in [4.69, 9.17) is 16.7 Å². The van der Waals surface area contributed by atoms with Crippen LogP contribution in [0.4, 0.5) is 8.78 Å². The zero-order chi connectivity index (χ0) is 15.7. The number of aromatic carboxylic acids is 1. The minimum Gasteiger partial charge on any atom is -0.478 e. The van der Waals surface area contributed by atoms with Crippen LogP contribution in [0.1, 0.15) is 26.3 Å². The Morgan fingerprint density at radius 2 is 1.67 bits per heavy atom. The van der Waals surface area contributed by atoms with Crippen LogP contribution in [-0.2, 0) is 0 Å². The summed E-state index contributed by atoms with van der Waals surface area (Å²) >= 11 is 8.38. The predicted molar refractivity (Wildman–Crippen MR) is 75.9 cm³/mol. The summed E-state index contributed by atoms with van der Waals surface area (Å²) in [7, 11) is 0. The molecule has 0 heterocycles. The van der Waals surface area contributed by atoms with Crippen molar-refractivity contribution in [1.82, 2.24) is 0 Å². The SMILES string of the molecule is O=C(O)c1cc(Br)c(F)c(F)c1C(=O)c1ccc(Cl)cc1. The molecule has 0 aromatic heterocycles. The first-order chi connectivity index (χ1) is 9.82. The number of hydrogen-bond acceptors (Lipinski definition) is 2. The van der Waals surface area contributed by atoms with E-state index >= 15 is 0 Å². The lowest BCUT2D eigenvalue weighted by Crippen LogP contribution is -2.14. The van der Waals surface area contributed by atoms with Gasteiger partial charge in [-0.2, -0.15) is 0 Å². The van der Waals surface area contributed by atoms with Gasteiger partial charge in [0.2, 0.25) is 0 Å². The number of ketones is 1. The number of carboxylic acid groups (broad SMARTS) is 1. The second kappa shape index (κ2) is 5.91. The molecule has 0 radical (unpaired) electrons. The molecule has 2 rings (SSSR count). The van der Waals surface area contributed by atoms with Crippen LogP contribution in [0, 0.1) is 11.6 Å². The average molecular weight is 376 g/mol. The zero-order valence-corrected chi connectivity index (χ0v) is 12.5.